The van der Waals surface area contributed by atoms with Gasteiger partial charge < -0.3 is 4.74 Å². The van der Waals surface area contributed by atoms with E-state index in [1.54, 1.807) is 4.68 Å². The van der Waals surface area contributed by atoms with Gasteiger partial charge in [0.15, 0.2) is 0 Å². The second kappa shape index (κ2) is 5.65. The molecule has 19 heavy (non-hydrogen) atoms. The Balaban J connectivity index is 2.43. The van der Waals surface area contributed by atoms with Crippen LogP contribution in [0.2, 0.25) is 0 Å². The van der Waals surface area contributed by atoms with Crippen molar-refractivity contribution in [1.29, 1.82) is 0 Å². The molecule has 0 aliphatic rings. The van der Waals surface area contributed by atoms with Crippen molar-refractivity contribution in [1.82, 2.24) is 14.8 Å². The first-order valence-corrected chi connectivity index (χ1v) is 6.21. The van der Waals surface area contributed by atoms with Crippen molar-refractivity contribution in [3.63, 3.8) is 0 Å². The summed E-state index contributed by atoms with van der Waals surface area (Å²) in [6.07, 6.45) is 0.910. The number of hydrogen-bond donors (Lipinski definition) is 0. The van der Waals surface area contributed by atoms with Crippen molar-refractivity contribution >= 4 is 5.97 Å². The number of aromatic nitrogens is 3. The molecule has 0 N–H and O–H groups in total. The van der Waals surface area contributed by atoms with Crippen LogP contribution < -0.4 is 0 Å². The van der Waals surface area contributed by atoms with Gasteiger partial charge in [0, 0.05) is 18.4 Å². The molecule has 100 valence electrons. The van der Waals surface area contributed by atoms with Crippen LogP contribution in [0.5, 0.6) is 0 Å². The molecule has 0 aliphatic carbocycles. The van der Waals surface area contributed by atoms with E-state index >= 15 is 0 Å². The third-order valence-corrected chi connectivity index (χ3v) is 2.70. The van der Waals surface area contributed by atoms with Crippen LogP contribution >= 0.6 is 0 Å². The summed E-state index contributed by atoms with van der Waals surface area (Å²) in [6.45, 7) is 5.44. The third-order valence-electron chi connectivity index (χ3n) is 2.70. The monoisotopic (exact) mass is 259 g/mol. The zero-order valence-electron chi connectivity index (χ0n) is 11.3. The zero-order valence-corrected chi connectivity index (χ0v) is 11.3. The minimum absolute atomic E-state index is 0.198. The highest BCUT2D eigenvalue weighted by atomic mass is 16.6. The molecule has 1 heterocycles. The number of hydrogen-bond acceptors (Lipinski definition) is 4. The molecule has 0 fully saturated rings. The van der Waals surface area contributed by atoms with E-state index in [1.165, 1.54) is 13.3 Å². The topological polar surface area (TPSA) is 57.0 Å². The van der Waals surface area contributed by atoms with Crippen LogP contribution in [0, 0.1) is 0 Å². The summed E-state index contributed by atoms with van der Waals surface area (Å²) in [5.41, 5.74) is 0.866. The molecule has 0 bridgehead atoms. The van der Waals surface area contributed by atoms with Crippen molar-refractivity contribution < 1.29 is 9.53 Å². The number of esters is 1. The molecule has 2 aromatic rings. The van der Waals surface area contributed by atoms with Crippen molar-refractivity contribution in [3.05, 3.63) is 48.0 Å². The lowest BCUT2D eigenvalue weighted by Crippen LogP contribution is -2.21. The summed E-state index contributed by atoms with van der Waals surface area (Å²) in [7, 11) is 0. The van der Waals surface area contributed by atoms with E-state index in [0.29, 0.717) is 0 Å². The Morgan fingerprint density at radius 1 is 1.26 bits per heavy atom. The molecular weight excluding hydrogens is 242 g/mol. The van der Waals surface area contributed by atoms with Gasteiger partial charge in [-0.1, -0.05) is 44.2 Å². The number of carbonyl (C=O) groups excluding carboxylic acids is 1. The van der Waals surface area contributed by atoms with Crippen LogP contribution in [0.3, 0.4) is 0 Å². The van der Waals surface area contributed by atoms with Crippen LogP contribution in [-0.2, 0) is 9.53 Å². The van der Waals surface area contributed by atoms with Crippen molar-refractivity contribution in [2.45, 2.75) is 32.9 Å². The molecule has 1 aromatic heterocycles. The molecule has 0 amide bonds. The van der Waals surface area contributed by atoms with E-state index < -0.39 is 6.23 Å². The first-order chi connectivity index (χ1) is 9.09. The molecule has 0 aliphatic heterocycles. The summed E-state index contributed by atoms with van der Waals surface area (Å²) in [6, 6.07) is 9.52. The highest BCUT2D eigenvalue weighted by Gasteiger charge is 2.22. The SMILES string of the molecule is CC(=O)OC(c1ccccc1)n1ncnc1C(C)C. The quantitative estimate of drug-likeness (QED) is 0.792. The van der Waals surface area contributed by atoms with Crippen LogP contribution in [-0.4, -0.2) is 20.7 Å². The van der Waals surface area contributed by atoms with Gasteiger partial charge in [0.25, 0.3) is 0 Å². The van der Waals surface area contributed by atoms with Crippen molar-refractivity contribution in [3.8, 4) is 0 Å². The standard InChI is InChI=1S/C14H17N3O2/c1-10(2)13-15-9-16-17(13)14(19-11(3)18)12-7-5-4-6-8-12/h4-10,14H,1-3H3. The van der Waals surface area contributed by atoms with Gasteiger partial charge in [0.2, 0.25) is 6.23 Å². The van der Waals surface area contributed by atoms with E-state index in [4.69, 9.17) is 4.74 Å². The Morgan fingerprint density at radius 2 is 1.95 bits per heavy atom. The van der Waals surface area contributed by atoms with E-state index in [0.717, 1.165) is 11.4 Å². The molecule has 0 radical (unpaired) electrons. The predicted octanol–water partition coefficient (Wildman–Crippen LogP) is 2.51. The average Bonchev–Trinajstić information content (AvgIpc) is 2.86. The Labute approximate surface area is 112 Å². The number of nitrogens with zero attached hydrogens (tertiary/aromatic N) is 3. The molecule has 2 rings (SSSR count). The first-order valence-electron chi connectivity index (χ1n) is 6.21. The molecule has 0 spiro atoms. The third kappa shape index (κ3) is 2.99. The van der Waals surface area contributed by atoms with Gasteiger partial charge in [-0.25, -0.2) is 9.67 Å². The Hall–Kier alpha value is -2.17. The van der Waals surface area contributed by atoms with Crippen LogP contribution in [0.25, 0.3) is 0 Å². The Bertz CT molecular complexity index is 549. The fourth-order valence-electron chi connectivity index (χ4n) is 1.89. The van der Waals surface area contributed by atoms with Gasteiger partial charge in [-0.3, -0.25) is 4.79 Å². The lowest BCUT2D eigenvalue weighted by molar-refractivity contribution is -0.149. The van der Waals surface area contributed by atoms with E-state index in [1.807, 2.05) is 44.2 Å². The number of ether oxygens (including phenoxy) is 1. The summed E-state index contributed by atoms with van der Waals surface area (Å²) in [5, 5.41) is 4.20. The molecule has 5 nitrogen and oxygen atoms in total. The maximum atomic E-state index is 11.3. The Morgan fingerprint density at radius 3 is 2.53 bits per heavy atom. The normalized spacial score (nSPS) is 12.4. The largest absolute Gasteiger partial charge is 0.435 e. The van der Waals surface area contributed by atoms with Gasteiger partial charge in [0.1, 0.15) is 12.2 Å². The zero-order chi connectivity index (χ0) is 13.8. The molecule has 0 saturated carbocycles. The predicted molar refractivity (Wildman–Crippen MR) is 70.5 cm³/mol. The highest BCUT2D eigenvalue weighted by molar-refractivity contribution is 5.66. The summed E-state index contributed by atoms with van der Waals surface area (Å²) in [4.78, 5) is 15.6. The maximum Gasteiger partial charge on any atom is 0.304 e. The molecule has 0 saturated heterocycles. The summed E-state index contributed by atoms with van der Waals surface area (Å²) in [5.74, 6) is 0.637. The maximum absolute atomic E-state index is 11.3. The average molecular weight is 259 g/mol. The molecule has 1 aromatic carbocycles. The molecule has 1 unspecified atom stereocenters. The smallest absolute Gasteiger partial charge is 0.304 e. The number of benzene rings is 1. The van der Waals surface area contributed by atoms with Crippen molar-refractivity contribution in [2.24, 2.45) is 0 Å². The summed E-state index contributed by atoms with van der Waals surface area (Å²) < 4.78 is 7.05. The van der Waals surface area contributed by atoms with Gasteiger partial charge >= 0.3 is 5.97 Å². The van der Waals surface area contributed by atoms with E-state index in [9.17, 15) is 4.79 Å². The number of carbonyl (C=O) groups is 1. The van der Waals surface area contributed by atoms with Crippen LogP contribution in [0.1, 0.15) is 44.3 Å². The van der Waals surface area contributed by atoms with Crippen molar-refractivity contribution in [2.75, 3.05) is 0 Å². The first kappa shape index (κ1) is 13.3. The second-order valence-corrected chi connectivity index (χ2v) is 4.59. The van der Waals surface area contributed by atoms with Gasteiger partial charge in [-0.05, 0) is 0 Å². The molecule has 1 atom stereocenters. The Kier molecular flexibility index (Phi) is 3.94. The lowest BCUT2D eigenvalue weighted by Gasteiger charge is -2.20. The molecular formula is C14H17N3O2. The van der Waals surface area contributed by atoms with Gasteiger partial charge in [-0.2, -0.15) is 5.10 Å². The van der Waals surface area contributed by atoms with E-state index in [2.05, 4.69) is 10.1 Å². The molecule has 5 heteroatoms. The highest BCUT2D eigenvalue weighted by Crippen LogP contribution is 2.23. The summed E-state index contributed by atoms with van der Waals surface area (Å²) >= 11 is 0. The van der Waals surface area contributed by atoms with Gasteiger partial charge in [0.05, 0.1) is 0 Å². The van der Waals surface area contributed by atoms with E-state index in [-0.39, 0.29) is 11.9 Å². The fraction of sp³-hybridized carbons (Fsp3) is 0.357. The minimum atomic E-state index is -0.571. The van der Waals surface area contributed by atoms with Gasteiger partial charge in [-0.15, -0.1) is 0 Å². The van der Waals surface area contributed by atoms with Crippen LogP contribution in [0.4, 0.5) is 0 Å². The van der Waals surface area contributed by atoms with Crippen LogP contribution in [0.15, 0.2) is 36.7 Å². The number of rotatable bonds is 4. The minimum Gasteiger partial charge on any atom is -0.435 e. The lowest BCUT2D eigenvalue weighted by atomic mass is 10.1. The fourth-order valence-corrected chi connectivity index (χ4v) is 1.89. The second-order valence-electron chi connectivity index (χ2n) is 4.59.